The number of hydrogen-bond acceptors (Lipinski definition) is 7. The number of urea groups is 1. The summed E-state index contributed by atoms with van der Waals surface area (Å²) in [4.78, 5) is 14.2. The maximum Gasteiger partial charge on any atom is 0.380 e. The van der Waals surface area contributed by atoms with Crippen molar-refractivity contribution < 1.29 is 31.6 Å². The Morgan fingerprint density at radius 2 is 1.79 bits per heavy atom. The van der Waals surface area contributed by atoms with Crippen LogP contribution in [0.3, 0.4) is 0 Å². The number of nitrogens with two attached hydrogens (primary N) is 1. The largest absolute Gasteiger partial charge is 0.493 e. The zero-order valence-corrected chi connectivity index (χ0v) is 16.9. The van der Waals surface area contributed by atoms with Gasteiger partial charge < -0.3 is 28.6 Å². The highest BCUT2D eigenvalue weighted by Gasteiger charge is 2.27. The van der Waals surface area contributed by atoms with Crippen LogP contribution in [0.15, 0.2) is 30.3 Å². The van der Waals surface area contributed by atoms with E-state index in [9.17, 15) is 13.2 Å². The van der Waals surface area contributed by atoms with Gasteiger partial charge in [-0.05, 0) is 17.7 Å². The first-order chi connectivity index (χ1) is 13.8. The minimum atomic E-state index is -4.24. The summed E-state index contributed by atoms with van der Waals surface area (Å²) >= 11 is 0. The number of anilines is 1. The monoisotopic (exact) mass is 423 g/mol. The predicted molar refractivity (Wildman–Crippen MR) is 105 cm³/mol. The summed E-state index contributed by atoms with van der Waals surface area (Å²) in [5, 5.41) is 7.65. The number of rotatable bonds is 7. The van der Waals surface area contributed by atoms with Crippen LogP contribution in [-0.2, 0) is 23.4 Å². The topological polar surface area (TPSA) is 129 Å². The van der Waals surface area contributed by atoms with Gasteiger partial charge in [-0.25, -0.2) is 4.79 Å². The molecule has 3 rings (SSSR count). The van der Waals surface area contributed by atoms with Gasteiger partial charge in [0.15, 0.2) is 23.0 Å². The first-order valence-corrected chi connectivity index (χ1v) is 9.91. The molecule has 0 aliphatic carbocycles. The zero-order valence-electron chi connectivity index (χ0n) is 16.1. The number of amides is 2. The summed E-state index contributed by atoms with van der Waals surface area (Å²) in [7, 11) is 0.202. The van der Waals surface area contributed by atoms with Gasteiger partial charge >= 0.3 is 16.3 Å². The van der Waals surface area contributed by atoms with E-state index >= 15 is 0 Å². The lowest BCUT2D eigenvalue weighted by Gasteiger charge is -2.30. The lowest BCUT2D eigenvalue weighted by Crippen LogP contribution is -2.38. The number of fused-ring (bicyclic) bond motifs is 1. The highest BCUT2D eigenvalue weighted by atomic mass is 32.2. The predicted octanol–water partition coefficient (Wildman–Crippen LogP) is 1.84. The average Bonchev–Trinajstić information content (AvgIpc) is 2.66. The Labute approximate surface area is 168 Å². The summed E-state index contributed by atoms with van der Waals surface area (Å²) in [5.74, 6) is 1.17. The first-order valence-electron chi connectivity index (χ1n) is 8.44. The molecular formula is C18H21N3O7S. The number of methoxy groups -OCH3 is 3. The molecule has 2 aromatic carbocycles. The molecule has 1 heterocycles. The molecule has 0 spiro atoms. The van der Waals surface area contributed by atoms with E-state index in [4.69, 9.17) is 23.5 Å². The van der Waals surface area contributed by atoms with Crippen LogP contribution in [0.5, 0.6) is 23.0 Å². The highest BCUT2D eigenvalue weighted by molar-refractivity contribution is 7.84. The number of benzene rings is 2. The highest BCUT2D eigenvalue weighted by Crippen LogP contribution is 2.38. The van der Waals surface area contributed by atoms with Crippen LogP contribution in [-0.4, -0.2) is 40.7 Å². The van der Waals surface area contributed by atoms with Gasteiger partial charge in [-0.15, -0.1) is 0 Å². The minimum Gasteiger partial charge on any atom is -0.493 e. The van der Waals surface area contributed by atoms with Gasteiger partial charge in [0.2, 0.25) is 0 Å². The lowest BCUT2D eigenvalue weighted by molar-refractivity contribution is 0.203. The number of ether oxygens (including phenoxy) is 3. The molecule has 2 amide bonds. The maximum atomic E-state index is 12.6. The molecule has 10 nitrogen and oxygen atoms in total. The Kier molecular flexibility index (Phi) is 5.71. The normalized spacial score (nSPS) is 13.4. The molecule has 2 aromatic rings. The SMILES string of the molecule is COc1cc2c(cc1OS(N)(=O)=O)NC(=O)N(Cc1cccc(OC)c1OC)C2. The Bertz CT molecular complexity index is 1040. The molecule has 156 valence electrons. The van der Waals surface area contributed by atoms with E-state index in [0.29, 0.717) is 22.7 Å². The summed E-state index contributed by atoms with van der Waals surface area (Å²) in [6.45, 7) is 0.525. The fourth-order valence-corrected chi connectivity index (χ4v) is 3.46. The number of para-hydroxylation sites is 1. The Balaban J connectivity index is 1.91. The van der Waals surface area contributed by atoms with E-state index in [2.05, 4.69) is 5.32 Å². The molecule has 3 N–H and O–H groups in total. The molecule has 0 aromatic heterocycles. The molecule has 1 aliphatic heterocycles. The van der Waals surface area contributed by atoms with E-state index < -0.39 is 10.3 Å². The van der Waals surface area contributed by atoms with E-state index in [1.807, 2.05) is 12.1 Å². The fraction of sp³-hybridized carbons (Fsp3) is 0.278. The third-order valence-corrected chi connectivity index (χ3v) is 4.74. The molecule has 0 bridgehead atoms. The van der Waals surface area contributed by atoms with Crippen LogP contribution in [0.25, 0.3) is 0 Å². The second-order valence-electron chi connectivity index (χ2n) is 6.18. The molecule has 0 saturated carbocycles. The van der Waals surface area contributed by atoms with E-state index in [-0.39, 0.29) is 30.6 Å². The van der Waals surface area contributed by atoms with Gasteiger partial charge in [0.25, 0.3) is 0 Å². The van der Waals surface area contributed by atoms with E-state index in [0.717, 1.165) is 5.56 Å². The number of nitrogens with zero attached hydrogens (tertiary/aromatic N) is 1. The van der Waals surface area contributed by atoms with Gasteiger partial charge in [0, 0.05) is 18.2 Å². The first kappa shape index (κ1) is 20.6. The molecule has 29 heavy (non-hydrogen) atoms. The number of hydrogen-bond donors (Lipinski definition) is 2. The standard InChI is InChI=1S/C18H21N3O7S/c1-25-14-6-4-5-11(17(14)27-3)9-21-10-12-7-15(26-2)16(28-29(19,23)24)8-13(12)20-18(21)22/h4-8H,9-10H2,1-3H3,(H,20,22)(H2,19,23,24). The van der Waals surface area contributed by atoms with Crippen molar-refractivity contribution >= 4 is 22.0 Å². The molecular weight excluding hydrogens is 402 g/mol. The van der Waals surface area contributed by atoms with Crippen molar-refractivity contribution in [3.8, 4) is 23.0 Å². The summed E-state index contributed by atoms with van der Waals surface area (Å²) in [6.07, 6.45) is 0. The van der Waals surface area contributed by atoms with Crippen molar-refractivity contribution in [2.75, 3.05) is 26.6 Å². The minimum absolute atomic E-state index is 0.114. The quantitative estimate of drug-likeness (QED) is 0.695. The Morgan fingerprint density at radius 3 is 2.41 bits per heavy atom. The van der Waals surface area contributed by atoms with Gasteiger partial charge in [0.05, 0.1) is 33.6 Å². The smallest absolute Gasteiger partial charge is 0.380 e. The molecule has 0 radical (unpaired) electrons. The van der Waals surface area contributed by atoms with Crippen LogP contribution < -0.4 is 28.8 Å². The molecule has 11 heteroatoms. The lowest BCUT2D eigenvalue weighted by atomic mass is 10.1. The summed E-state index contributed by atoms with van der Waals surface area (Å²) in [6, 6.07) is 8.01. The molecule has 0 saturated heterocycles. The third-order valence-electron chi connectivity index (χ3n) is 4.33. The molecule has 1 aliphatic rings. The fourth-order valence-electron chi connectivity index (χ4n) is 3.08. The van der Waals surface area contributed by atoms with E-state index in [1.165, 1.54) is 20.3 Å². The van der Waals surface area contributed by atoms with Crippen molar-refractivity contribution in [3.05, 3.63) is 41.5 Å². The van der Waals surface area contributed by atoms with Gasteiger partial charge in [-0.2, -0.15) is 13.6 Å². The van der Waals surface area contributed by atoms with Gasteiger partial charge in [-0.1, -0.05) is 12.1 Å². The molecule has 0 fully saturated rings. The second-order valence-corrected chi connectivity index (χ2v) is 7.33. The average molecular weight is 423 g/mol. The van der Waals surface area contributed by atoms with Crippen LogP contribution in [0.2, 0.25) is 0 Å². The van der Waals surface area contributed by atoms with Crippen LogP contribution in [0, 0.1) is 0 Å². The van der Waals surface area contributed by atoms with Crippen molar-refractivity contribution in [2.45, 2.75) is 13.1 Å². The summed E-state index contributed by atoms with van der Waals surface area (Å²) < 4.78 is 43.1. The summed E-state index contributed by atoms with van der Waals surface area (Å²) in [5.41, 5.74) is 1.89. The van der Waals surface area contributed by atoms with Crippen LogP contribution in [0.4, 0.5) is 10.5 Å². The molecule has 0 unspecified atom stereocenters. The van der Waals surface area contributed by atoms with Crippen molar-refractivity contribution in [2.24, 2.45) is 5.14 Å². The maximum absolute atomic E-state index is 12.6. The van der Waals surface area contributed by atoms with Crippen LogP contribution >= 0.6 is 0 Å². The van der Waals surface area contributed by atoms with Gasteiger partial charge in [0.1, 0.15) is 0 Å². The van der Waals surface area contributed by atoms with Crippen molar-refractivity contribution in [3.63, 3.8) is 0 Å². The molecule has 0 atom stereocenters. The number of carbonyl (C=O) groups is 1. The Hall–Kier alpha value is -3.18. The number of carbonyl (C=O) groups excluding carboxylic acids is 1. The zero-order chi connectivity index (χ0) is 21.2. The Morgan fingerprint density at radius 1 is 1.07 bits per heavy atom. The van der Waals surface area contributed by atoms with Crippen molar-refractivity contribution in [1.29, 1.82) is 0 Å². The third kappa shape index (κ3) is 4.46. The second kappa shape index (κ2) is 8.05. The van der Waals surface area contributed by atoms with E-state index in [1.54, 1.807) is 24.1 Å². The van der Waals surface area contributed by atoms with Gasteiger partial charge in [-0.3, -0.25) is 0 Å². The van der Waals surface area contributed by atoms with Crippen LogP contribution in [0.1, 0.15) is 11.1 Å². The number of nitrogens with one attached hydrogen (secondary N) is 1. The van der Waals surface area contributed by atoms with Crippen molar-refractivity contribution in [1.82, 2.24) is 4.90 Å².